The highest BCUT2D eigenvalue weighted by molar-refractivity contribution is 7.90. The smallest absolute Gasteiger partial charge is 0.322 e. The molecule has 6 aliphatic rings. The first-order valence-electron chi connectivity index (χ1n) is 31.9. The van der Waals surface area contributed by atoms with Crippen LogP contribution in [0.4, 0.5) is 11.4 Å². The third-order valence-electron chi connectivity index (χ3n) is 20.7. The number of nitrogens with zero attached hydrogens (tertiary/aromatic N) is 3. The molecule has 1 saturated carbocycles. The molecule has 4 aromatic rings. The lowest BCUT2D eigenvalue weighted by molar-refractivity contribution is -0.201. The Hall–Kier alpha value is -5.50. The SMILES string of the molecule is CCCCCCCCCCCCCCCCCC(=O)NS(=O)(=O)c1ccc(N)cc1.CC[C@]1(O)C[C@H]2CN(CCc3c([nH]c4ccccc34)[C@@](C(=O)OC)(c3cc4c(cc3OC)N(C)[C@H]3[C@@](O)(C(N)=O)[C@H](O)[C@]5(CC)C=CCN6CC[C@]43[C@@H]65)C2)C1. The molecule has 10 atom stereocenters. The Morgan fingerprint density at radius 2 is 1.46 bits per heavy atom. The molecule has 10 rings (SSSR count). The number of H-pyrrole nitrogens is 1. The van der Waals surface area contributed by atoms with Gasteiger partial charge in [-0.1, -0.05) is 141 Å². The highest BCUT2D eigenvalue weighted by Gasteiger charge is 2.78. The number of piperidine rings is 1. The third kappa shape index (κ3) is 11.9. The number of primary amides is 1. The molecule has 17 nitrogen and oxygen atoms in total. The first kappa shape index (κ1) is 64.0. The summed E-state index contributed by atoms with van der Waals surface area (Å²) in [5.74, 6) is -1.44. The number of aromatic nitrogens is 1. The maximum Gasteiger partial charge on any atom is 0.322 e. The Morgan fingerprint density at radius 3 is 2.07 bits per heavy atom. The number of carbonyl (C=O) groups is 3. The normalized spacial score (nSPS) is 29.3. The van der Waals surface area contributed by atoms with E-state index in [9.17, 15) is 33.3 Å². The van der Waals surface area contributed by atoms with Crippen molar-refractivity contribution in [3.63, 3.8) is 0 Å². The van der Waals surface area contributed by atoms with Gasteiger partial charge in [0.2, 0.25) is 5.91 Å². The van der Waals surface area contributed by atoms with E-state index < -0.39 is 67.4 Å². The van der Waals surface area contributed by atoms with Crippen molar-refractivity contribution in [2.45, 2.75) is 207 Å². The molecule has 6 heterocycles. The van der Waals surface area contributed by atoms with E-state index in [2.05, 4.69) is 38.6 Å². The number of hydrogen-bond donors (Lipinski definition) is 7. The number of amides is 2. The number of methoxy groups -OCH3 is 2. The van der Waals surface area contributed by atoms with E-state index in [0.29, 0.717) is 75.2 Å². The van der Waals surface area contributed by atoms with Gasteiger partial charge in [0.25, 0.3) is 15.9 Å². The van der Waals surface area contributed by atoms with Crippen molar-refractivity contribution in [1.82, 2.24) is 19.5 Å². The molecular formula is C67H97N7O10S. The van der Waals surface area contributed by atoms with Gasteiger partial charge in [0.15, 0.2) is 5.60 Å². The summed E-state index contributed by atoms with van der Waals surface area (Å²) in [5, 5.41) is 38.0. The zero-order chi connectivity index (χ0) is 61.0. The molecule has 85 heavy (non-hydrogen) atoms. The summed E-state index contributed by atoms with van der Waals surface area (Å²) in [4.78, 5) is 51.2. The Morgan fingerprint density at radius 1 is 0.812 bits per heavy atom. The fourth-order valence-corrected chi connectivity index (χ4v) is 17.6. The Labute approximate surface area is 504 Å². The van der Waals surface area contributed by atoms with Crippen LogP contribution in [0.5, 0.6) is 5.75 Å². The average Bonchev–Trinajstić information content (AvgIpc) is 1.52. The monoisotopic (exact) mass is 1190 g/mol. The van der Waals surface area contributed by atoms with Gasteiger partial charge in [0, 0.05) is 96.1 Å². The zero-order valence-electron chi connectivity index (χ0n) is 51.4. The number of nitrogens with two attached hydrogens (primary N) is 2. The number of nitrogens with one attached hydrogen (secondary N) is 2. The lowest BCUT2D eigenvalue weighted by atomic mass is 9.47. The van der Waals surface area contributed by atoms with Crippen molar-refractivity contribution in [1.29, 1.82) is 0 Å². The lowest BCUT2D eigenvalue weighted by Gasteiger charge is -2.63. The number of unbranched alkanes of at least 4 members (excludes halogenated alkanes) is 14. The molecule has 3 aromatic carbocycles. The number of aliphatic hydroxyl groups is 3. The van der Waals surface area contributed by atoms with Gasteiger partial charge in [-0.05, 0) is 105 Å². The van der Waals surface area contributed by atoms with Crippen molar-refractivity contribution >= 4 is 50.1 Å². The number of hydrogen-bond acceptors (Lipinski definition) is 14. The largest absolute Gasteiger partial charge is 0.496 e. The van der Waals surface area contributed by atoms with Crippen molar-refractivity contribution < 1.29 is 47.6 Å². The van der Waals surface area contributed by atoms with E-state index in [0.717, 1.165) is 65.8 Å². The number of rotatable bonds is 24. The minimum Gasteiger partial charge on any atom is -0.496 e. The molecule has 1 aromatic heterocycles. The van der Waals surface area contributed by atoms with Crippen LogP contribution in [0.1, 0.15) is 178 Å². The summed E-state index contributed by atoms with van der Waals surface area (Å²) in [6, 6.07) is 16.8. The summed E-state index contributed by atoms with van der Waals surface area (Å²) in [5.41, 5.74) is 10.8. The van der Waals surface area contributed by atoms with Crippen LogP contribution in [0.25, 0.3) is 10.9 Å². The number of aromatic amines is 1. The molecule has 1 unspecified atom stereocenters. The van der Waals surface area contributed by atoms with Gasteiger partial charge in [-0.15, -0.1) is 0 Å². The Bertz CT molecular complexity index is 3150. The fraction of sp³-hybridized carbons (Fsp3) is 0.627. The summed E-state index contributed by atoms with van der Waals surface area (Å²) in [6.45, 7) is 9.65. The van der Waals surface area contributed by atoms with Gasteiger partial charge >= 0.3 is 5.97 Å². The number of carbonyl (C=O) groups excluding carboxylic acids is 3. The van der Waals surface area contributed by atoms with Crippen molar-refractivity contribution in [3.05, 3.63) is 95.2 Å². The highest BCUT2D eigenvalue weighted by atomic mass is 32.2. The lowest BCUT2D eigenvalue weighted by Crippen LogP contribution is -2.81. The van der Waals surface area contributed by atoms with Gasteiger partial charge < -0.3 is 46.1 Å². The van der Waals surface area contributed by atoms with E-state index >= 15 is 4.79 Å². The van der Waals surface area contributed by atoms with Gasteiger partial charge in [-0.25, -0.2) is 13.1 Å². The van der Waals surface area contributed by atoms with Gasteiger partial charge in [-0.2, -0.15) is 0 Å². The summed E-state index contributed by atoms with van der Waals surface area (Å²) in [6.07, 6.45) is 24.9. The summed E-state index contributed by atoms with van der Waals surface area (Å²) in [7, 11) is 1.09. The molecule has 1 aliphatic carbocycles. The molecular weight excluding hydrogens is 1090 g/mol. The van der Waals surface area contributed by atoms with Gasteiger partial charge in [0.1, 0.15) is 17.3 Å². The van der Waals surface area contributed by atoms with Crippen LogP contribution in [0, 0.1) is 11.3 Å². The quantitative estimate of drug-likeness (QED) is 0.0150. The Kier molecular flexibility index (Phi) is 19.9. The third-order valence-corrected chi connectivity index (χ3v) is 22.1. The molecule has 2 saturated heterocycles. The van der Waals surface area contributed by atoms with E-state index in [1.165, 1.54) is 108 Å². The van der Waals surface area contributed by atoms with Crippen LogP contribution in [-0.2, 0) is 46.4 Å². The first-order valence-corrected chi connectivity index (χ1v) is 33.4. The van der Waals surface area contributed by atoms with Crippen molar-refractivity contribution in [3.8, 4) is 5.75 Å². The van der Waals surface area contributed by atoms with E-state index in [1.54, 1.807) is 7.11 Å². The molecule has 1 spiro atoms. The Balaban J connectivity index is 0.000000246. The predicted octanol–water partition coefficient (Wildman–Crippen LogP) is 9.07. The standard InChI is InChI=1S/C43H55N5O7.C24H42N2O3S/c1-6-39(52)21-25-22-42(38(51)55-5,33-27(13-17-47(23-25)24-39)26-11-8-9-12-30(26)45-33)29-19-28-31(20-32(29)54-4)46(3)35-41(28)15-18-48-16-10-14-40(7-2,34(41)48)36(49)43(35,53)37(44)50;1-2-3-4-5-6-7-8-9-10-11-12-13-14-15-16-17-24(27)26-30(28,29)23-20-18-22(25)19-21-23/h8-12,14,19-20,25,34-36,45,49,52-53H,6-7,13,15-18,21-24H2,1-5H3,(H2,44,50);18-21H,2-17,25H2,1H3,(H,26,27)/t25-,34+,35-,36-,39+,40-,41-,42+,43+;/m1./s1. The van der Waals surface area contributed by atoms with E-state index in [4.69, 9.17) is 20.9 Å². The van der Waals surface area contributed by atoms with E-state index in [1.807, 2.05) is 62.2 Å². The second kappa shape index (κ2) is 26.5. The zero-order valence-corrected chi connectivity index (χ0v) is 52.2. The molecule has 3 fully saturated rings. The van der Waals surface area contributed by atoms with Crippen molar-refractivity contribution in [2.24, 2.45) is 17.1 Å². The number of nitrogen functional groups attached to an aromatic ring is 1. The number of benzene rings is 3. The summed E-state index contributed by atoms with van der Waals surface area (Å²) >= 11 is 0. The number of aliphatic hydroxyl groups excluding tert-OH is 1. The van der Waals surface area contributed by atoms with Crippen LogP contribution in [0.15, 0.2) is 77.7 Å². The number of esters is 1. The van der Waals surface area contributed by atoms with Crippen molar-refractivity contribution in [2.75, 3.05) is 64.6 Å². The summed E-state index contributed by atoms with van der Waals surface area (Å²) < 4.78 is 38.6. The van der Waals surface area contributed by atoms with Gasteiger partial charge in [-0.3, -0.25) is 24.2 Å². The maximum absolute atomic E-state index is 15.2. The molecule has 466 valence electrons. The maximum atomic E-state index is 15.2. The highest BCUT2D eigenvalue weighted by Crippen LogP contribution is 2.67. The van der Waals surface area contributed by atoms with Crippen LogP contribution in [0.2, 0.25) is 0 Å². The van der Waals surface area contributed by atoms with E-state index in [-0.39, 0.29) is 23.3 Å². The number of sulfonamides is 1. The number of fused-ring (bicyclic) bond motifs is 6. The number of anilines is 2. The second-order valence-electron chi connectivity index (χ2n) is 25.8. The second-order valence-corrected chi connectivity index (χ2v) is 27.5. The van der Waals surface area contributed by atoms with Gasteiger partial charge in [0.05, 0.1) is 30.8 Å². The molecule has 18 heteroatoms. The van der Waals surface area contributed by atoms with Crippen LogP contribution >= 0.6 is 0 Å². The topological polar surface area (TPSA) is 254 Å². The predicted molar refractivity (Wildman–Crippen MR) is 334 cm³/mol. The molecule has 9 N–H and O–H groups in total. The minimum atomic E-state index is -3.80. The molecule has 5 aliphatic heterocycles. The number of ether oxygens (including phenoxy) is 2. The molecule has 2 amide bonds. The molecule has 2 bridgehead atoms. The number of para-hydroxylation sites is 1. The first-order chi connectivity index (χ1) is 40.7. The average molecular weight is 1190 g/mol. The van der Waals surface area contributed by atoms with Crippen LogP contribution in [0.3, 0.4) is 0 Å². The molecule has 0 radical (unpaired) electrons. The minimum absolute atomic E-state index is 0.0570. The number of likely N-dealkylation sites (N-methyl/N-ethyl adjacent to an activating group) is 1. The van der Waals surface area contributed by atoms with Crippen LogP contribution in [-0.4, -0.2) is 140 Å². The fourth-order valence-electron chi connectivity index (χ4n) is 16.6. The van der Waals surface area contributed by atoms with Crippen LogP contribution < -0.4 is 25.8 Å².